The fourth-order valence-electron chi connectivity index (χ4n) is 2.09. The summed E-state index contributed by atoms with van der Waals surface area (Å²) in [5, 5.41) is 7.16. The highest BCUT2D eigenvalue weighted by molar-refractivity contribution is 7.92. The molecule has 1 heterocycles. The molecule has 0 saturated heterocycles. The van der Waals surface area contributed by atoms with Gasteiger partial charge in [-0.1, -0.05) is 29.8 Å². The van der Waals surface area contributed by atoms with Crippen molar-refractivity contribution in [3.8, 4) is 11.3 Å². The first kappa shape index (κ1) is 15.6. The monoisotopic (exact) mass is 347 g/mol. The van der Waals surface area contributed by atoms with E-state index in [1.807, 2.05) is 25.1 Å². The standard InChI is InChI=1S/C16H14ClN3O2S/c1-11-2-7-14(10-15(11)17)23(21,22)20-13-5-3-12(4-6-13)16-8-9-18-19-16/h2-10,20H,1H3,(H,18,19). The van der Waals surface area contributed by atoms with Gasteiger partial charge >= 0.3 is 0 Å². The number of rotatable bonds is 4. The zero-order chi connectivity index (χ0) is 16.4. The quantitative estimate of drug-likeness (QED) is 0.753. The largest absolute Gasteiger partial charge is 0.280 e. The Morgan fingerprint density at radius 1 is 1.09 bits per heavy atom. The number of hydrogen-bond donors (Lipinski definition) is 2. The van der Waals surface area contributed by atoms with E-state index in [-0.39, 0.29) is 4.90 Å². The summed E-state index contributed by atoms with van der Waals surface area (Å²) < 4.78 is 27.3. The minimum atomic E-state index is -3.67. The van der Waals surface area contributed by atoms with Crippen molar-refractivity contribution < 1.29 is 8.42 Å². The number of nitrogens with zero attached hydrogens (tertiary/aromatic N) is 1. The predicted molar refractivity (Wildman–Crippen MR) is 91.0 cm³/mol. The van der Waals surface area contributed by atoms with Gasteiger partial charge in [0.2, 0.25) is 0 Å². The average Bonchev–Trinajstić information content (AvgIpc) is 3.04. The van der Waals surface area contributed by atoms with Crippen LogP contribution in [-0.4, -0.2) is 18.6 Å². The second kappa shape index (κ2) is 6.06. The van der Waals surface area contributed by atoms with E-state index in [0.717, 1.165) is 16.8 Å². The number of halogens is 1. The van der Waals surface area contributed by atoms with Gasteiger partial charge in [0, 0.05) is 16.9 Å². The summed E-state index contributed by atoms with van der Waals surface area (Å²) >= 11 is 6.00. The minimum Gasteiger partial charge on any atom is -0.280 e. The number of anilines is 1. The molecular formula is C16H14ClN3O2S. The lowest BCUT2D eigenvalue weighted by molar-refractivity contribution is 0.601. The zero-order valence-electron chi connectivity index (χ0n) is 12.2. The molecule has 5 nitrogen and oxygen atoms in total. The van der Waals surface area contributed by atoms with E-state index in [9.17, 15) is 8.42 Å². The molecule has 0 aliphatic heterocycles. The summed E-state index contributed by atoms with van der Waals surface area (Å²) in [5.41, 5.74) is 3.09. The Balaban J connectivity index is 1.84. The van der Waals surface area contributed by atoms with Gasteiger partial charge in [-0.15, -0.1) is 0 Å². The maximum atomic E-state index is 12.4. The summed E-state index contributed by atoms with van der Waals surface area (Å²) in [7, 11) is -3.67. The number of H-pyrrole nitrogens is 1. The molecule has 0 aliphatic rings. The van der Waals surface area contributed by atoms with E-state index in [1.54, 1.807) is 24.4 Å². The third-order valence-corrected chi connectivity index (χ3v) is 5.19. The van der Waals surface area contributed by atoms with Gasteiger partial charge in [-0.05, 0) is 48.4 Å². The maximum Gasteiger partial charge on any atom is 0.261 e. The van der Waals surface area contributed by atoms with Crippen molar-refractivity contribution in [2.75, 3.05) is 4.72 Å². The van der Waals surface area contributed by atoms with Crippen molar-refractivity contribution in [3.63, 3.8) is 0 Å². The Bertz CT molecular complexity index is 920. The van der Waals surface area contributed by atoms with Crippen molar-refractivity contribution in [3.05, 3.63) is 65.3 Å². The van der Waals surface area contributed by atoms with E-state index in [0.29, 0.717) is 10.7 Å². The molecule has 3 rings (SSSR count). The summed E-state index contributed by atoms with van der Waals surface area (Å²) in [6.07, 6.45) is 1.66. The summed E-state index contributed by atoms with van der Waals surface area (Å²) in [4.78, 5) is 0.130. The summed E-state index contributed by atoms with van der Waals surface area (Å²) in [5.74, 6) is 0. The van der Waals surface area contributed by atoms with Crippen molar-refractivity contribution >= 4 is 27.3 Å². The van der Waals surface area contributed by atoms with Gasteiger partial charge in [0.15, 0.2) is 0 Å². The van der Waals surface area contributed by atoms with Gasteiger partial charge in [0.25, 0.3) is 10.0 Å². The first-order valence-electron chi connectivity index (χ1n) is 6.84. The van der Waals surface area contributed by atoms with Crippen LogP contribution < -0.4 is 4.72 Å². The third kappa shape index (κ3) is 3.38. The molecule has 118 valence electrons. The van der Waals surface area contributed by atoms with Gasteiger partial charge in [0.1, 0.15) is 0 Å². The van der Waals surface area contributed by atoms with Crippen LogP contribution in [0.1, 0.15) is 5.56 Å². The Morgan fingerprint density at radius 3 is 2.43 bits per heavy atom. The fourth-order valence-corrected chi connectivity index (χ4v) is 3.42. The van der Waals surface area contributed by atoms with E-state index in [4.69, 9.17) is 11.6 Å². The van der Waals surface area contributed by atoms with Crippen LogP contribution in [0.3, 0.4) is 0 Å². The SMILES string of the molecule is Cc1ccc(S(=O)(=O)Nc2ccc(-c3ccn[nH]3)cc2)cc1Cl. The lowest BCUT2D eigenvalue weighted by atomic mass is 10.1. The molecule has 2 N–H and O–H groups in total. The summed E-state index contributed by atoms with van der Waals surface area (Å²) in [6, 6.07) is 13.5. The molecule has 1 aromatic heterocycles. The molecule has 0 saturated carbocycles. The first-order chi connectivity index (χ1) is 11.0. The van der Waals surface area contributed by atoms with Crippen molar-refractivity contribution in [2.24, 2.45) is 0 Å². The number of nitrogens with one attached hydrogen (secondary N) is 2. The molecule has 0 unspecified atom stereocenters. The highest BCUT2D eigenvalue weighted by atomic mass is 35.5. The average molecular weight is 348 g/mol. The Morgan fingerprint density at radius 2 is 1.83 bits per heavy atom. The van der Waals surface area contributed by atoms with Crippen molar-refractivity contribution in [1.82, 2.24) is 10.2 Å². The van der Waals surface area contributed by atoms with Crippen LogP contribution >= 0.6 is 11.6 Å². The number of benzene rings is 2. The van der Waals surface area contributed by atoms with Crippen LogP contribution in [-0.2, 0) is 10.0 Å². The van der Waals surface area contributed by atoms with Crippen LogP contribution in [0.25, 0.3) is 11.3 Å². The van der Waals surface area contributed by atoms with Crippen LogP contribution in [0.15, 0.2) is 59.6 Å². The maximum absolute atomic E-state index is 12.4. The molecule has 2 aromatic carbocycles. The number of aromatic nitrogens is 2. The highest BCUT2D eigenvalue weighted by Crippen LogP contribution is 2.24. The number of sulfonamides is 1. The normalized spacial score (nSPS) is 11.4. The van der Waals surface area contributed by atoms with Crippen LogP contribution in [0, 0.1) is 6.92 Å². The van der Waals surface area contributed by atoms with Gasteiger partial charge in [-0.25, -0.2) is 8.42 Å². The predicted octanol–water partition coefficient (Wildman–Crippen LogP) is 3.84. The topological polar surface area (TPSA) is 74.8 Å². The van der Waals surface area contributed by atoms with E-state index < -0.39 is 10.0 Å². The number of hydrogen-bond acceptors (Lipinski definition) is 3. The van der Waals surface area contributed by atoms with Crippen molar-refractivity contribution in [1.29, 1.82) is 0 Å². The van der Waals surface area contributed by atoms with Gasteiger partial charge in [-0.3, -0.25) is 9.82 Å². The molecule has 0 fully saturated rings. The molecule has 0 radical (unpaired) electrons. The van der Waals surface area contributed by atoms with E-state index in [1.165, 1.54) is 12.1 Å². The molecule has 0 aliphatic carbocycles. The minimum absolute atomic E-state index is 0.130. The lowest BCUT2D eigenvalue weighted by Gasteiger charge is -2.09. The molecule has 0 atom stereocenters. The Hall–Kier alpha value is -2.31. The van der Waals surface area contributed by atoms with Gasteiger partial charge in [0.05, 0.1) is 10.6 Å². The van der Waals surface area contributed by atoms with E-state index in [2.05, 4.69) is 14.9 Å². The molecule has 0 amide bonds. The molecule has 0 spiro atoms. The summed E-state index contributed by atoms with van der Waals surface area (Å²) in [6.45, 7) is 1.82. The number of aromatic amines is 1. The lowest BCUT2D eigenvalue weighted by Crippen LogP contribution is -2.12. The molecule has 3 aromatic rings. The van der Waals surface area contributed by atoms with Crippen LogP contribution in [0.4, 0.5) is 5.69 Å². The van der Waals surface area contributed by atoms with Gasteiger partial charge < -0.3 is 0 Å². The van der Waals surface area contributed by atoms with Gasteiger partial charge in [-0.2, -0.15) is 5.10 Å². The van der Waals surface area contributed by atoms with E-state index >= 15 is 0 Å². The first-order valence-corrected chi connectivity index (χ1v) is 8.70. The van der Waals surface area contributed by atoms with Crippen LogP contribution in [0.2, 0.25) is 5.02 Å². The molecule has 7 heteroatoms. The Labute approximate surface area is 139 Å². The van der Waals surface area contributed by atoms with Crippen molar-refractivity contribution in [2.45, 2.75) is 11.8 Å². The van der Waals surface area contributed by atoms with Crippen LogP contribution in [0.5, 0.6) is 0 Å². The third-order valence-electron chi connectivity index (χ3n) is 3.40. The second-order valence-corrected chi connectivity index (χ2v) is 7.15. The molecular weight excluding hydrogens is 334 g/mol. The molecule has 0 bridgehead atoms. The fraction of sp³-hybridized carbons (Fsp3) is 0.0625. The molecule has 23 heavy (non-hydrogen) atoms. The second-order valence-electron chi connectivity index (χ2n) is 5.06. The highest BCUT2D eigenvalue weighted by Gasteiger charge is 2.15. The number of aryl methyl sites for hydroxylation is 1. The zero-order valence-corrected chi connectivity index (χ0v) is 13.8. The Kier molecular flexibility index (Phi) is 4.11. The smallest absolute Gasteiger partial charge is 0.261 e.